The van der Waals surface area contributed by atoms with E-state index in [-0.39, 0.29) is 5.91 Å². The van der Waals surface area contributed by atoms with Gasteiger partial charge in [-0.1, -0.05) is 18.2 Å². The zero-order chi connectivity index (χ0) is 20.3. The van der Waals surface area contributed by atoms with Gasteiger partial charge in [0.05, 0.1) is 25.5 Å². The third kappa shape index (κ3) is 3.86. The average molecular weight is 408 g/mol. The molecular formula is C23H29N5O2. The van der Waals surface area contributed by atoms with Crippen LogP contribution in [0.2, 0.25) is 0 Å². The Balaban J connectivity index is 1.47. The van der Waals surface area contributed by atoms with Crippen molar-refractivity contribution in [2.45, 2.75) is 32.2 Å². The van der Waals surface area contributed by atoms with Crippen molar-refractivity contribution in [2.24, 2.45) is 0 Å². The van der Waals surface area contributed by atoms with Crippen LogP contribution in [-0.2, 0) is 17.7 Å². The molecule has 0 bridgehead atoms. The monoisotopic (exact) mass is 407 g/mol. The minimum absolute atomic E-state index is 0.0780. The summed E-state index contributed by atoms with van der Waals surface area (Å²) >= 11 is 0. The molecule has 0 atom stereocenters. The highest BCUT2D eigenvalue weighted by atomic mass is 16.5. The van der Waals surface area contributed by atoms with Crippen molar-refractivity contribution in [1.82, 2.24) is 14.9 Å². The molecule has 3 aliphatic heterocycles. The number of carbonyl (C=O) groups is 1. The number of ether oxygens (including phenoxy) is 1. The van der Waals surface area contributed by atoms with Gasteiger partial charge in [-0.15, -0.1) is 0 Å². The maximum absolute atomic E-state index is 13.1. The van der Waals surface area contributed by atoms with Crippen LogP contribution in [-0.4, -0.2) is 66.7 Å². The Labute approximate surface area is 177 Å². The van der Waals surface area contributed by atoms with Gasteiger partial charge in [-0.2, -0.15) is 4.98 Å². The first-order valence-corrected chi connectivity index (χ1v) is 11.1. The van der Waals surface area contributed by atoms with Gasteiger partial charge in [0.2, 0.25) is 5.95 Å². The van der Waals surface area contributed by atoms with Gasteiger partial charge in [0.15, 0.2) is 0 Å². The van der Waals surface area contributed by atoms with Gasteiger partial charge in [-0.25, -0.2) is 4.98 Å². The molecule has 2 fully saturated rings. The molecule has 0 spiro atoms. The summed E-state index contributed by atoms with van der Waals surface area (Å²) < 4.78 is 5.57. The van der Waals surface area contributed by atoms with E-state index in [2.05, 4.69) is 9.80 Å². The first kappa shape index (κ1) is 19.3. The SMILES string of the molecule is O=C(c1ccccc1)N1CCc2nc(N3CCCCC3)nc(N3CCOCC3)c2C1. The maximum Gasteiger partial charge on any atom is 0.254 e. The van der Waals surface area contributed by atoms with E-state index in [0.29, 0.717) is 26.3 Å². The second-order valence-electron chi connectivity index (χ2n) is 8.26. The third-order valence-corrected chi connectivity index (χ3v) is 6.28. The van der Waals surface area contributed by atoms with Crippen LogP contribution in [0.15, 0.2) is 30.3 Å². The summed E-state index contributed by atoms with van der Waals surface area (Å²) in [5.74, 6) is 1.93. The predicted octanol–water partition coefficient (Wildman–Crippen LogP) is 2.50. The Morgan fingerprint density at radius 3 is 2.40 bits per heavy atom. The number of hydrogen-bond donors (Lipinski definition) is 0. The summed E-state index contributed by atoms with van der Waals surface area (Å²) in [6, 6.07) is 9.54. The van der Waals surface area contributed by atoms with Crippen molar-refractivity contribution in [2.75, 3.05) is 55.7 Å². The molecule has 7 nitrogen and oxygen atoms in total. The average Bonchev–Trinajstić information content (AvgIpc) is 2.84. The molecule has 2 aromatic rings. The van der Waals surface area contributed by atoms with Gasteiger partial charge < -0.3 is 19.4 Å². The number of anilines is 2. The van der Waals surface area contributed by atoms with Gasteiger partial charge in [-0.05, 0) is 31.4 Å². The first-order chi connectivity index (χ1) is 14.8. The maximum atomic E-state index is 13.1. The van der Waals surface area contributed by atoms with E-state index in [9.17, 15) is 4.79 Å². The largest absolute Gasteiger partial charge is 0.378 e. The van der Waals surface area contributed by atoms with Crippen molar-refractivity contribution < 1.29 is 9.53 Å². The fourth-order valence-electron chi connectivity index (χ4n) is 4.59. The number of benzene rings is 1. The lowest BCUT2D eigenvalue weighted by molar-refractivity contribution is 0.0733. The van der Waals surface area contributed by atoms with Crippen LogP contribution in [0.3, 0.4) is 0 Å². The molecule has 2 saturated heterocycles. The number of carbonyl (C=O) groups excluding carboxylic acids is 1. The summed E-state index contributed by atoms with van der Waals surface area (Å²) in [6.45, 7) is 6.40. The molecule has 1 aromatic heterocycles. The topological polar surface area (TPSA) is 61.8 Å². The molecule has 0 saturated carbocycles. The molecule has 0 radical (unpaired) electrons. The van der Waals surface area contributed by atoms with Crippen molar-refractivity contribution in [1.29, 1.82) is 0 Å². The van der Waals surface area contributed by atoms with Crippen LogP contribution in [0.4, 0.5) is 11.8 Å². The number of hydrogen-bond acceptors (Lipinski definition) is 6. The quantitative estimate of drug-likeness (QED) is 0.779. The molecule has 5 rings (SSSR count). The highest BCUT2D eigenvalue weighted by Crippen LogP contribution is 2.31. The third-order valence-electron chi connectivity index (χ3n) is 6.28. The molecule has 4 heterocycles. The van der Waals surface area contributed by atoms with Gasteiger partial charge in [0.25, 0.3) is 5.91 Å². The summed E-state index contributed by atoms with van der Waals surface area (Å²) in [5.41, 5.74) is 2.94. The van der Waals surface area contributed by atoms with Crippen LogP contribution >= 0.6 is 0 Å². The number of morpholine rings is 1. The highest BCUT2D eigenvalue weighted by molar-refractivity contribution is 5.94. The van der Waals surface area contributed by atoms with Crippen LogP contribution in [0.25, 0.3) is 0 Å². The fraction of sp³-hybridized carbons (Fsp3) is 0.522. The Kier molecular flexibility index (Phi) is 5.53. The van der Waals surface area contributed by atoms with Crippen molar-refractivity contribution in [3.05, 3.63) is 47.2 Å². The lowest BCUT2D eigenvalue weighted by Gasteiger charge is -2.36. The van der Waals surface area contributed by atoms with E-state index in [1.54, 1.807) is 0 Å². The second-order valence-corrected chi connectivity index (χ2v) is 8.26. The minimum atomic E-state index is 0.0780. The Bertz CT molecular complexity index is 892. The number of fused-ring (bicyclic) bond motifs is 1. The first-order valence-electron chi connectivity index (χ1n) is 11.1. The molecule has 3 aliphatic rings. The zero-order valence-electron chi connectivity index (χ0n) is 17.4. The van der Waals surface area contributed by atoms with E-state index in [0.717, 1.165) is 61.2 Å². The van der Waals surface area contributed by atoms with Crippen molar-refractivity contribution >= 4 is 17.7 Å². The van der Waals surface area contributed by atoms with Crippen molar-refractivity contribution in [3.63, 3.8) is 0 Å². The van der Waals surface area contributed by atoms with E-state index < -0.39 is 0 Å². The molecule has 7 heteroatoms. The number of piperidine rings is 1. The Morgan fingerprint density at radius 1 is 0.867 bits per heavy atom. The summed E-state index contributed by atoms with van der Waals surface area (Å²) in [5, 5.41) is 0. The van der Waals surface area contributed by atoms with Gasteiger partial charge in [0.1, 0.15) is 5.82 Å². The lowest BCUT2D eigenvalue weighted by Crippen LogP contribution is -2.42. The van der Waals surface area contributed by atoms with E-state index in [4.69, 9.17) is 14.7 Å². The summed E-state index contributed by atoms with van der Waals surface area (Å²) in [4.78, 5) is 29.7. The number of rotatable bonds is 3. The Morgan fingerprint density at radius 2 is 1.63 bits per heavy atom. The molecular weight excluding hydrogens is 378 g/mol. The Hall–Kier alpha value is -2.67. The van der Waals surface area contributed by atoms with Crippen LogP contribution < -0.4 is 9.80 Å². The number of nitrogens with zero attached hydrogens (tertiary/aromatic N) is 5. The summed E-state index contributed by atoms with van der Waals surface area (Å²) in [6.07, 6.45) is 4.46. The number of amides is 1. The van der Waals surface area contributed by atoms with Gasteiger partial charge in [-0.3, -0.25) is 4.79 Å². The molecule has 0 unspecified atom stereocenters. The zero-order valence-corrected chi connectivity index (χ0v) is 17.4. The highest BCUT2D eigenvalue weighted by Gasteiger charge is 2.30. The van der Waals surface area contributed by atoms with Gasteiger partial charge >= 0.3 is 0 Å². The molecule has 0 N–H and O–H groups in total. The fourth-order valence-corrected chi connectivity index (χ4v) is 4.59. The van der Waals surface area contributed by atoms with Crippen LogP contribution in [0.1, 0.15) is 40.9 Å². The molecule has 158 valence electrons. The normalized spacial score (nSPS) is 19.5. The van der Waals surface area contributed by atoms with E-state index in [1.807, 2.05) is 35.2 Å². The summed E-state index contributed by atoms with van der Waals surface area (Å²) in [7, 11) is 0. The molecule has 30 heavy (non-hydrogen) atoms. The standard InChI is InChI=1S/C23H29N5O2/c29-22(18-7-3-1-4-8-18)28-12-9-20-19(17-28)21(26-13-15-30-16-14-26)25-23(24-20)27-10-5-2-6-11-27/h1,3-4,7-8H,2,5-6,9-17H2. The number of aromatic nitrogens is 2. The van der Waals surface area contributed by atoms with Gasteiger partial charge in [0, 0.05) is 50.3 Å². The minimum Gasteiger partial charge on any atom is -0.378 e. The molecule has 1 aromatic carbocycles. The molecule has 0 aliphatic carbocycles. The van der Waals surface area contributed by atoms with Crippen LogP contribution in [0.5, 0.6) is 0 Å². The lowest BCUT2D eigenvalue weighted by atomic mass is 10.0. The predicted molar refractivity (Wildman–Crippen MR) is 116 cm³/mol. The van der Waals surface area contributed by atoms with Crippen LogP contribution in [0, 0.1) is 0 Å². The second kappa shape index (κ2) is 8.60. The smallest absolute Gasteiger partial charge is 0.254 e. The van der Waals surface area contributed by atoms with E-state index >= 15 is 0 Å². The van der Waals surface area contributed by atoms with Crippen molar-refractivity contribution in [3.8, 4) is 0 Å². The molecule has 1 amide bonds. The van der Waals surface area contributed by atoms with E-state index in [1.165, 1.54) is 19.3 Å².